The molecular weight excluding hydrogens is 436 g/mol. The van der Waals surface area contributed by atoms with Gasteiger partial charge in [-0.2, -0.15) is 0 Å². The minimum Gasteiger partial charge on any atom is -0.489 e. The van der Waals surface area contributed by atoms with Gasteiger partial charge in [-0.3, -0.25) is 0 Å². The standard InChI is InChI=1S/C27H32O7/c1-3-5-6-7-8-9-10-14-17-23(28)33-22-19-18-21(26(29)30)24(32-4-2)25(22)34-27(31)20-15-12-11-13-16-20/h11-19H,3-10H2,1-2H3,(H,29,30). The summed E-state index contributed by atoms with van der Waals surface area (Å²) in [6.45, 7) is 3.96. The molecule has 0 radical (unpaired) electrons. The van der Waals surface area contributed by atoms with Gasteiger partial charge in [0.05, 0.1) is 12.2 Å². The average Bonchev–Trinajstić information content (AvgIpc) is 2.83. The van der Waals surface area contributed by atoms with E-state index >= 15 is 0 Å². The molecule has 2 aromatic rings. The largest absolute Gasteiger partial charge is 0.489 e. The fraction of sp³-hybridized carbons (Fsp3) is 0.370. The predicted molar refractivity (Wildman–Crippen MR) is 129 cm³/mol. The summed E-state index contributed by atoms with van der Waals surface area (Å²) >= 11 is 0. The zero-order chi connectivity index (χ0) is 24.8. The first-order valence-corrected chi connectivity index (χ1v) is 11.7. The number of carboxylic acids is 1. The molecule has 0 atom stereocenters. The zero-order valence-electron chi connectivity index (χ0n) is 19.7. The number of allylic oxidation sites excluding steroid dienone is 1. The van der Waals surface area contributed by atoms with Gasteiger partial charge in [0.2, 0.25) is 5.75 Å². The van der Waals surface area contributed by atoms with Gasteiger partial charge in [-0.25, -0.2) is 14.4 Å². The third kappa shape index (κ3) is 8.39. The van der Waals surface area contributed by atoms with Crippen LogP contribution in [-0.4, -0.2) is 29.6 Å². The Morgan fingerprint density at radius 3 is 2.24 bits per heavy atom. The molecule has 7 heteroatoms. The van der Waals surface area contributed by atoms with Crippen molar-refractivity contribution in [1.82, 2.24) is 0 Å². The summed E-state index contributed by atoms with van der Waals surface area (Å²) < 4.78 is 16.3. The van der Waals surface area contributed by atoms with Crippen molar-refractivity contribution in [1.29, 1.82) is 0 Å². The van der Waals surface area contributed by atoms with Gasteiger partial charge in [0.25, 0.3) is 0 Å². The fourth-order valence-electron chi connectivity index (χ4n) is 3.27. The van der Waals surface area contributed by atoms with Gasteiger partial charge in [0.15, 0.2) is 11.5 Å². The van der Waals surface area contributed by atoms with Crippen LogP contribution in [0.15, 0.2) is 54.6 Å². The van der Waals surface area contributed by atoms with Crippen LogP contribution < -0.4 is 14.2 Å². The highest BCUT2D eigenvalue weighted by atomic mass is 16.6. The van der Waals surface area contributed by atoms with Crippen LogP contribution in [0.5, 0.6) is 17.2 Å². The van der Waals surface area contributed by atoms with E-state index < -0.39 is 17.9 Å². The summed E-state index contributed by atoms with van der Waals surface area (Å²) in [5.41, 5.74) is 0.0397. The molecule has 0 aromatic heterocycles. The van der Waals surface area contributed by atoms with Crippen LogP contribution in [0, 0.1) is 0 Å². The van der Waals surface area contributed by atoms with Crippen LogP contribution in [0.2, 0.25) is 0 Å². The second-order valence-electron chi connectivity index (χ2n) is 7.64. The zero-order valence-corrected chi connectivity index (χ0v) is 19.7. The first kappa shape index (κ1) is 26.6. The van der Waals surface area contributed by atoms with E-state index in [2.05, 4.69) is 6.92 Å². The SMILES string of the molecule is CCCCCCCCC=CC(=O)Oc1ccc(C(=O)O)c(OCC)c1OC(=O)c1ccccc1. The number of rotatable bonds is 14. The highest BCUT2D eigenvalue weighted by Crippen LogP contribution is 2.41. The summed E-state index contributed by atoms with van der Waals surface area (Å²) in [5, 5.41) is 9.54. The van der Waals surface area contributed by atoms with Gasteiger partial charge >= 0.3 is 17.9 Å². The van der Waals surface area contributed by atoms with Gasteiger partial charge in [-0.05, 0) is 44.0 Å². The Hall–Kier alpha value is -3.61. The number of carboxylic acid groups (broad SMARTS) is 1. The number of unbranched alkanes of at least 4 members (excludes halogenated alkanes) is 6. The second-order valence-corrected chi connectivity index (χ2v) is 7.64. The van der Waals surface area contributed by atoms with E-state index in [-0.39, 0.29) is 35.0 Å². The molecule has 0 aliphatic carbocycles. The second kappa shape index (κ2) is 14.5. The Kier molecular flexibility index (Phi) is 11.4. The maximum absolute atomic E-state index is 12.6. The number of esters is 2. The third-order valence-corrected chi connectivity index (χ3v) is 4.99. The lowest BCUT2D eigenvalue weighted by Crippen LogP contribution is -2.14. The molecule has 0 aliphatic heterocycles. The Bertz CT molecular complexity index is 980. The van der Waals surface area contributed by atoms with Crippen molar-refractivity contribution in [2.24, 2.45) is 0 Å². The third-order valence-electron chi connectivity index (χ3n) is 4.99. The van der Waals surface area contributed by atoms with E-state index in [1.807, 2.05) is 0 Å². The maximum Gasteiger partial charge on any atom is 0.343 e. The van der Waals surface area contributed by atoms with Crippen LogP contribution in [-0.2, 0) is 4.79 Å². The van der Waals surface area contributed by atoms with Crippen LogP contribution in [0.3, 0.4) is 0 Å². The van der Waals surface area contributed by atoms with E-state index in [4.69, 9.17) is 14.2 Å². The van der Waals surface area contributed by atoms with Crippen molar-refractivity contribution >= 4 is 17.9 Å². The molecule has 0 unspecified atom stereocenters. The van der Waals surface area contributed by atoms with Crippen molar-refractivity contribution in [2.45, 2.75) is 58.8 Å². The number of carbonyl (C=O) groups is 3. The Morgan fingerprint density at radius 1 is 0.853 bits per heavy atom. The molecule has 0 saturated heterocycles. The van der Waals surface area contributed by atoms with Crippen LogP contribution in [0.25, 0.3) is 0 Å². The van der Waals surface area contributed by atoms with E-state index in [0.29, 0.717) is 0 Å². The molecular formula is C27H32O7. The molecule has 0 bridgehead atoms. The van der Waals surface area contributed by atoms with E-state index in [1.54, 1.807) is 43.3 Å². The van der Waals surface area contributed by atoms with Gasteiger partial charge in [0.1, 0.15) is 5.56 Å². The lowest BCUT2D eigenvalue weighted by atomic mass is 10.1. The Morgan fingerprint density at radius 2 is 1.56 bits per heavy atom. The molecule has 2 aromatic carbocycles. The maximum atomic E-state index is 12.6. The van der Waals surface area contributed by atoms with Crippen molar-refractivity contribution in [2.75, 3.05) is 6.61 Å². The van der Waals surface area contributed by atoms with Gasteiger partial charge in [-0.15, -0.1) is 0 Å². The molecule has 0 aliphatic rings. The normalized spacial score (nSPS) is 10.8. The first-order chi connectivity index (χ1) is 16.5. The van der Waals surface area contributed by atoms with Crippen molar-refractivity contribution < 1.29 is 33.7 Å². The monoisotopic (exact) mass is 468 g/mol. The van der Waals surface area contributed by atoms with E-state index in [9.17, 15) is 19.5 Å². The van der Waals surface area contributed by atoms with Gasteiger partial charge in [0, 0.05) is 6.08 Å². The number of carbonyl (C=O) groups excluding carboxylic acids is 2. The quantitative estimate of drug-likeness (QED) is 0.152. The smallest absolute Gasteiger partial charge is 0.343 e. The molecule has 2 rings (SSSR count). The highest BCUT2D eigenvalue weighted by molar-refractivity contribution is 5.96. The number of benzene rings is 2. The van der Waals surface area contributed by atoms with Gasteiger partial charge < -0.3 is 19.3 Å². The molecule has 0 amide bonds. The van der Waals surface area contributed by atoms with Crippen LogP contribution in [0.4, 0.5) is 0 Å². The number of hydrogen-bond donors (Lipinski definition) is 1. The topological polar surface area (TPSA) is 99.1 Å². The van der Waals surface area contributed by atoms with Gasteiger partial charge in [-0.1, -0.05) is 63.3 Å². The fourth-order valence-corrected chi connectivity index (χ4v) is 3.27. The first-order valence-electron chi connectivity index (χ1n) is 11.7. The number of hydrogen-bond acceptors (Lipinski definition) is 6. The Labute approximate surface area is 200 Å². The van der Waals surface area contributed by atoms with Crippen molar-refractivity contribution in [3.63, 3.8) is 0 Å². The van der Waals surface area contributed by atoms with E-state index in [0.717, 1.165) is 19.3 Å². The summed E-state index contributed by atoms with van der Waals surface area (Å²) in [6, 6.07) is 10.7. The highest BCUT2D eigenvalue weighted by Gasteiger charge is 2.25. The molecule has 1 N–H and O–H groups in total. The van der Waals surface area contributed by atoms with Crippen molar-refractivity contribution in [3.05, 3.63) is 65.7 Å². The van der Waals surface area contributed by atoms with E-state index in [1.165, 1.54) is 43.9 Å². The number of ether oxygens (including phenoxy) is 3. The summed E-state index contributed by atoms with van der Waals surface area (Å²) in [4.78, 5) is 36.7. The molecule has 182 valence electrons. The minimum atomic E-state index is -1.27. The molecule has 0 fully saturated rings. The summed E-state index contributed by atoms with van der Waals surface area (Å²) in [6.07, 6.45) is 10.7. The molecule has 34 heavy (non-hydrogen) atoms. The molecule has 7 nitrogen and oxygen atoms in total. The summed E-state index contributed by atoms with van der Waals surface area (Å²) in [7, 11) is 0. The van der Waals surface area contributed by atoms with Crippen molar-refractivity contribution in [3.8, 4) is 17.2 Å². The molecule has 0 heterocycles. The Balaban J connectivity index is 2.18. The minimum absolute atomic E-state index is 0.105. The van der Waals surface area contributed by atoms with Crippen LogP contribution >= 0.6 is 0 Å². The number of aromatic carboxylic acids is 1. The summed E-state index contributed by atoms with van der Waals surface area (Å²) in [5.74, 6) is -3.20. The lowest BCUT2D eigenvalue weighted by Gasteiger charge is -2.16. The average molecular weight is 469 g/mol. The lowest BCUT2D eigenvalue weighted by molar-refractivity contribution is -0.129. The van der Waals surface area contributed by atoms with Crippen LogP contribution in [0.1, 0.15) is 79.5 Å². The molecule has 0 spiro atoms. The molecule has 0 saturated carbocycles. The predicted octanol–water partition coefficient (Wildman–Crippen LogP) is 6.21.